The van der Waals surface area contributed by atoms with Gasteiger partial charge in [-0.1, -0.05) is 156 Å². The fourth-order valence-corrected chi connectivity index (χ4v) is 35.7. The summed E-state index contributed by atoms with van der Waals surface area (Å²) in [5.41, 5.74) is -0.693. The zero-order chi connectivity index (χ0) is 61.4. The van der Waals surface area contributed by atoms with E-state index >= 15 is 0 Å². The molecule has 0 atom stereocenters. The monoisotopic (exact) mass is 1560 g/mol. The van der Waals surface area contributed by atoms with Crippen LogP contribution >= 0.6 is 54.5 Å². The van der Waals surface area contributed by atoms with Gasteiger partial charge in [-0.3, -0.25) is 20.0 Å². The van der Waals surface area contributed by atoms with Crippen LogP contribution in [-0.4, -0.2) is 56.2 Å². The van der Waals surface area contributed by atoms with Crippen molar-refractivity contribution in [3.05, 3.63) is 54.6 Å². The standard InChI is InChI=1S/C44H70Br2N4.C24H36S2Si.6CH3.2Sn/c1-5-9-13-17-21-25-29-43(30-26-22-18-14-10-6-2)47-39-35-33-38(46)42-40(36(35)34-37(45)41(39)49-43)48-44(50-42,31-27-23-19-15-11-7-3)32-28-24-20-16-12-8-4;1-3-5-7-9-11-13-19-27(20-14-12-10-8-6-4-2)21-15-17-25-23(21)24-22(27)16-18-26-24;;;;;;;;/h33-34H,5-32H2,1-4H3;15-16H,3-14,19-20H2,1-2H3;6*1H3;;. The van der Waals surface area contributed by atoms with Crippen LogP contribution in [0.3, 0.4) is 0 Å². The molecule has 4 nitrogen and oxygen atoms in total. The SMILES string of the molecule is CCCCCCCCC1(CCCCCCCC)N=c2c(Br)cc3c4c(c(Br)cc3c2=N1)=NC(CCCCCCCC)(CCCCCCCC)N=4.CCCCCCCC[Si]1(CCCCCCCC)c2c[c]([Sn]([CH3])([CH3])[CH3])sc2-c2s[c]([Sn]([CH3])([CH3])[CH3])cc21. The maximum atomic E-state index is 5.62. The number of rotatable bonds is 44. The first-order valence-electron chi connectivity index (χ1n) is 36.2. The van der Waals surface area contributed by atoms with Crippen molar-refractivity contribution < 1.29 is 0 Å². The summed E-state index contributed by atoms with van der Waals surface area (Å²) in [5.74, 6) is 0. The second kappa shape index (κ2) is 37.7. The number of fused-ring (bicyclic) bond motifs is 8. The fourth-order valence-electron chi connectivity index (χ4n) is 14.0. The van der Waals surface area contributed by atoms with Gasteiger partial charge in [0, 0.05) is 19.7 Å². The molecule has 11 heteroatoms. The van der Waals surface area contributed by atoms with Crippen LogP contribution < -0.4 is 37.6 Å². The van der Waals surface area contributed by atoms with Crippen molar-refractivity contribution in [2.45, 2.75) is 351 Å². The van der Waals surface area contributed by atoms with Crippen molar-refractivity contribution in [1.82, 2.24) is 0 Å². The van der Waals surface area contributed by atoms with Crippen molar-refractivity contribution in [3.8, 4) is 9.75 Å². The number of thiophene rings is 2. The minimum atomic E-state index is -2.08. The third kappa shape index (κ3) is 21.6. The summed E-state index contributed by atoms with van der Waals surface area (Å²) < 4.78 is 5.79. The Morgan fingerprint density at radius 2 is 0.588 bits per heavy atom. The topological polar surface area (TPSA) is 49.4 Å². The first kappa shape index (κ1) is 74.1. The van der Waals surface area contributed by atoms with E-state index < -0.39 is 44.8 Å². The normalized spacial score (nSPS) is 15.2. The quantitative estimate of drug-likeness (QED) is 0.0313. The van der Waals surface area contributed by atoms with E-state index in [1.807, 2.05) is 16.2 Å². The van der Waals surface area contributed by atoms with Crippen LogP contribution in [0.1, 0.15) is 298 Å². The van der Waals surface area contributed by atoms with Gasteiger partial charge in [-0.15, -0.1) is 0 Å². The van der Waals surface area contributed by atoms with Crippen LogP contribution in [0, 0.1) is 0 Å². The van der Waals surface area contributed by atoms with Gasteiger partial charge in [-0.25, -0.2) is 0 Å². The third-order valence-corrected chi connectivity index (χ3v) is 47.5. The van der Waals surface area contributed by atoms with Gasteiger partial charge >= 0.3 is 238 Å². The summed E-state index contributed by atoms with van der Waals surface area (Å²) in [6, 6.07) is 13.3. The molecule has 0 aliphatic carbocycles. The van der Waals surface area contributed by atoms with Crippen LogP contribution in [0.4, 0.5) is 0 Å². The molecule has 2 aromatic heterocycles. The second-order valence-electron chi connectivity index (χ2n) is 29.0. The summed E-state index contributed by atoms with van der Waals surface area (Å²) in [4.78, 5) is 41.6. The maximum absolute atomic E-state index is 5.62. The average molecular weight is 1560 g/mol. The predicted molar refractivity (Wildman–Crippen MR) is 396 cm³/mol. The Morgan fingerprint density at radius 3 is 0.859 bits per heavy atom. The van der Waals surface area contributed by atoms with Gasteiger partial charge in [0.25, 0.3) is 0 Å². The fraction of sp³-hybridized carbons (Fsp3) is 0.757. The zero-order valence-electron chi connectivity index (χ0n) is 56.9. The molecule has 478 valence electrons. The summed E-state index contributed by atoms with van der Waals surface area (Å²) in [6.07, 6.45) is 52.5. The van der Waals surface area contributed by atoms with E-state index in [0.29, 0.717) is 0 Å². The Kier molecular flexibility index (Phi) is 32.9. The molecule has 3 aliphatic rings. The molecule has 7 rings (SSSR count). The molecule has 2 aromatic carbocycles. The molecular formula is C74H124Br2N4S2SiSn2. The summed E-state index contributed by atoms with van der Waals surface area (Å²) in [7, 11) is -1.64. The van der Waals surface area contributed by atoms with Crippen molar-refractivity contribution in [2.24, 2.45) is 20.0 Å². The van der Waals surface area contributed by atoms with E-state index in [1.165, 1.54) is 254 Å². The van der Waals surface area contributed by atoms with Crippen molar-refractivity contribution >= 4 is 126 Å². The zero-order valence-corrected chi connectivity index (χ0v) is 68.4. The number of benzene rings is 2. The molecule has 0 unspecified atom stereocenters. The van der Waals surface area contributed by atoms with Crippen LogP contribution in [0.5, 0.6) is 0 Å². The molecule has 0 radical (unpaired) electrons. The number of nitrogens with zero attached hydrogens (tertiary/aromatic N) is 4. The first-order chi connectivity index (χ1) is 41.0. The molecule has 0 N–H and O–H groups in total. The van der Waals surface area contributed by atoms with Crippen molar-refractivity contribution in [1.29, 1.82) is 0 Å². The van der Waals surface area contributed by atoms with Crippen LogP contribution in [-0.2, 0) is 0 Å². The first-order valence-corrected chi connectivity index (χ1v) is 61.8. The number of hydrogen-bond acceptors (Lipinski definition) is 6. The van der Waals surface area contributed by atoms with E-state index in [2.05, 4.69) is 150 Å². The van der Waals surface area contributed by atoms with E-state index in [1.54, 1.807) is 9.75 Å². The van der Waals surface area contributed by atoms with Gasteiger partial charge in [-0.05, 0) is 95.4 Å². The molecule has 0 spiro atoms. The van der Waals surface area contributed by atoms with Gasteiger partial charge in [0.05, 0.1) is 10.7 Å². The molecule has 0 saturated heterocycles. The van der Waals surface area contributed by atoms with Gasteiger partial charge in [0.1, 0.15) is 10.7 Å². The van der Waals surface area contributed by atoms with Gasteiger partial charge in [0.2, 0.25) is 0 Å². The molecule has 0 fully saturated rings. The summed E-state index contributed by atoms with van der Waals surface area (Å²) in [5, 5.41) is 10.4. The van der Waals surface area contributed by atoms with Crippen molar-refractivity contribution in [2.75, 3.05) is 0 Å². The number of halogens is 2. The molecular weight excluding hydrogens is 1430 g/mol. The van der Waals surface area contributed by atoms with Crippen LogP contribution in [0.25, 0.3) is 20.5 Å². The Hall–Kier alpha value is 0.0743. The van der Waals surface area contributed by atoms with E-state index in [-0.39, 0.29) is 11.3 Å². The molecule has 0 saturated carbocycles. The Bertz CT molecular complexity index is 2660. The Morgan fingerprint density at radius 1 is 0.341 bits per heavy atom. The molecule has 4 aromatic rings. The van der Waals surface area contributed by atoms with Gasteiger partial charge in [-0.2, -0.15) is 0 Å². The molecule has 85 heavy (non-hydrogen) atoms. The van der Waals surface area contributed by atoms with E-state index in [4.69, 9.17) is 20.0 Å². The van der Waals surface area contributed by atoms with Crippen LogP contribution in [0.15, 0.2) is 53.2 Å². The van der Waals surface area contributed by atoms with Crippen LogP contribution in [0.2, 0.25) is 41.7 Å². The van der Waals surface area contributed by atoms with Gasteiger partial charge in [0.15, 0.2) is 11.3 Å². The van der Waals surface area contributed by atoms with E-state index in [0.717, 1.165) is 56.1 Å². The predicted octanol–water partition coefficient (Wildman–Crippen LogP) is 22.4. The summed E-state index contributed by atoms with van der Waals surface area (Å²) in [6.45, 7) is 13.9. The summed E-state index contributed by atoms with van der Waals surface area (Å²) >= 11 is 8.36. The van der Waals surface area contributed by atoms with Gasteiger partial charge < -0.3 is 0 Å². The average Bonchev–Trinajstić information content (AvgIpc) is 1.62. The van der Waals surface area contributed by atoms with E-state index in [9.17, 15) is 0 Å². The van der Waals surface area contributed by atoms with Crippen molar-refractivity contribution in [3.63, 3.8) is 0 Å². The second-order valence-corrected chi connectivity index (χ2v) is 67.9. The number of hydrogen-bond donors (Lipinski definition) is 0. The molecule has 0 amide bonds. The third-order valence-electron chi connectivity index (χ3n) is 19.3. The molecule has 5 heterocycles. The number of unbranched alkanes of at least 4 members (excludes halogenated alkanes) is 30. The Balaban J connectivity index is 0.000000290. The Labute approximate surface area is 556 Å². The molecule has 0 bridgehead atoms. The minimum absolute atomic E-state index is 0.346. The molecule has 3 aliphatic heterocycles.